The van der Waals surface area contributed by atoms with Gasteiger partial charge in [0, 0.05) is 0 Å². The summed E-state index contributed by atoms with van der Waals surface area (Å²) in [5, 5.41) is 0. The molecule has 0 radical (unpaired) electrons. The van der Waals surface area contributed by atoms with Gasteiger partial charge in [-0.25, -0.2) is 0 Å². The van der Waals surface area contributed by atoms with Crippen molar-refractivity contribution in [3.63, 3.8) is 0 Å². The Labute approximate surface area is 109 Å². The summed E-state index contributed by atoms with van der Waals surface area (Å²) in [6.45, 7) is -1.36. The predicted octanol–water partition coefficient (Wildman–Crippen LogP) is 3.60. The van der Waals surface area contributed by atoms with Crippen LogP contribution in [0.4, 0.5) is 0 Å². The molecule has 10 aliphatic rings. The number of nitrogens with zero attached hydrogens (tertiary/aromatic N) is 1. The Kier molecular flexibility index (Phi) is 0.297. The Morgan fingerprint density at radius 2 is 1.53 bits per heavy atom. The van der Waals surface area contributed by atoms with Crippen LogP contribution in [0, 0.1) is 0 Å². The molecular weight excluding hydrogens is 368 g/mol. The first kappa shape index (κ1) is 8.02. The second kappa shape index (κ2) is 0.630. The summed E-state index contributed by atoms with van der Waals surface area (Å²) in [7, 11) is 4.68. The predicted molar refractivity (Wildman–Crippen MR) is 61.2 cm³/mol. The van der Waals surface area contributed by atoms with Crippen LogP contribution in [0.3, 0.4) is 0 Å². The van der Waals surface area contributed by atoms with Gasteiger partial charge >= 0.3 is 96.9 Å². The molecule has 1 spiro atoms. The minimum absolute atomic E-state index is 0. The van der Waals surface area contributed by atoms with Crippen LogP contribution in [0.5, 0.6) is 0 Å². The maximum absolute atomic E-state index is 4.16. The van der Waals surface area contributed by atoms with E-state index >= 15 is 0 Å². The summed E-state index contributed by atoms with van der Waals surface area (Å²) in [4.78, 5) is 14.1. The van der Waals surface area contributed by atoms with Crippen LogP contribution in [-0.2, 0) is 25.7 Å². The van der Waals surface area contributed by atoms with Gasteiger partial charge in [-0.05, 0) is 0 Å². The van der Waals surface area contributed by atoms with Gasteiger partial charge in [-0.3, -0.25) is 0 Å². The fourth-order valence-corrected chi connectivity index (χ4v) is 105. The van der Waals surface area contributed by atoms with Gasteiger partial charge in [0.25, 0.3) is 0 Å². The summed E-state index contributed by atoms with van der Waals surface area (Å²) < 4.78 is 1.94. The van der Waals surface area contributed by atoms with Gasteiger partial charge in [-0.15, -0.1) is 12.4 Å². The average molecular weight is 385 g/mol. The van der Waals surface area contributed by atoms with E-state index in [1.165, 1.54) is 45.1 Å². The van der Waals surface area contributed by atoms with Crippen molar-refractivity contribution >= 4 is 12.4 Å². The van der Waals surface area contributed by atoms with Crippen LogP contribution in [0.1, 0.15) is 0 Å². The molecule has 5 unspecified atom stereocenters. The molecule has 0 aliphatic carbocycles. The summed E-state index contributed by atoms with van der Waals surface area (Å²) >= 11 is 4.16. The van der Waals surface area contributed by atoms with E-state index in [0.29, 0.717) is 0 Å². The van der Waals surface area contributed by atoms with Crippen LogP contribution in [0.2, 0.25) is 45.6 Å². The molecule has 10 fully saturated rings. The van der Waals surface area contributed by atoms with Crippen molar-refractivity contribution in [2.45, 2.75) is 45.6 Å². The zero-order valence-corrected chi connectivity index (χ0v) is 13.3. The Hall–Kier alpha value is 1.43. The number of rotatable bonds is 2. The summed E-state index contributed by atoms with van der Waals surface area (Å²) in [5.41, 5.74) is 0. The molecule has 10 aliphatic heterocycles. The van der Waals surface area contributed by atoms with Gasteiger partial charge < -0.3 is 0 Å². The van der Waals surface area contributed by atoms with Crippen molar-refractivity contribution in [1.82, 2.24) is 4.90 Å². The van der Waals surface area contributed by atoms with Gasteiger partial charge in [0.15, 0.2) is 0 Å². The van der Waals surface area contributed by atoms with Gasteiger partial charge in [-0.1, -0.05) is 0 Å². The molecule has 5 atom stereocenters. The third kappa shape index (κ3) is 0.0762. The first-order valence-electron chi connectivity index (χ1n) is 6.87. The molecule has 0 saturated carbocycles. The van der Waals surface area contributed by atoms with E-state index in [1.807, 2.05) is 0 Å². The molecule has 99 valence electrons. The van der Waals surface area contributed by atoms with Crippen molar-refractivity contribution < 1.29 is 25.7 Å². The largest absolute Gasteiger partial charge is 0.147 e. The van der Waals surface area contributed by atoms with Crippen molar-refractivity contribution in [3.05, 3.63) is 0 Å². The quantitative estimate of drug-likeness (QED) is 0.657. The summed E-state index contributed by atoms with van der Waals surface area (Å²) in [6, 6.07) is 0. The normalized spacial score (nSPS) is 123. The van der Waals surface area contributed by atoms with Crippen molar-refractivity contribution in [3.8, 4) is 0 Å². The third-order valence-corrected chi connectivity index (χ3v) is 65.7. The molecule has 0 aromatic heterocycles. The van der Waals surface area contributed by atoms with E-state index in [-0.39, 0.29) is 12.4 Å². The van der Waals surface area contributed by atoms with Gasteiger partial charge in [0.2, 0.25) is 0 Å². The molecule has 0 amide bonds. The molecule has 0 aromatic carbocycles. The van der Waals surface area contributed by atoms with Crippen molar-refractivity contribution in [2.75, 3.05) is 20.6 Å². The van der Waals surface area contributed by atoms with Crippen LogP contribution < -0.4 is 0 Å². The number of fused-ring (bicyclic) bond motifs is 10. The van der Waals surface area contributed by atoms with E-state index in [0.717, 1.165) is 7.10 Å². The van der Waals surface area contributed by atoms with Crippen LogP contribution in [0.15, 0.2) is 0 Å². The molecule has 17 heavy (non-hydrogen) atoms. The van der Waals surface area contributed by atoms with E-state index in [1.54, 1.807) is 0 Å². The van der Waals surface area contributed by atoms with Gasteiger partial charge in [-0.2, -0.15) is 0 Å². The molecule has 0 N–H and O–H groups in total. The molecule has 0 bridgehead atoms. The SMILES string of the molecule is CN(C)C[C]12[CH]3[CH]4[CH]5[C]1([Pd])[Fe]45321678[CH]2[CH]1[CH]6[CH]7[CH]28.Cl. The fraction of sp³-hybridized carbons (Fsp3) is 1.00. The maximum Gasteiger partial charge on any atom is -0.147 e. The first-order valence-corrected chi connectivity index (χ1v) is 13.9. The standard InChI is InChI=1S/C8H11N.C5H5.ClH.Fe.Pd/c1-9(2)7-8-5-3-4-6-8;1-2-4-5-3-1;;;/h3-5H,7H2,1-2H3;1-5H;1H;;. The second-order valence-electron chi connectivity index (χ2n) is 11.0. The molecule has 1 nitrogen and oxygen atoms in total. The molecular formula is C13H17ClFeNPd. The zero-order chi connectivity index (χ0) is 10.2. The van der Waals surface area contributed by atoms with E-state index in [2.05, 4.69) is 38.2 Å². The van der Waals surface area contributed by atoms with E-state index in [9.17, 15) is 0 Å². The topological polar surface area (TPSA) is 3.24 Å². The van der Waals surface area contributed by atoms with Crippen LogP contribution in [-0.4, -0.2) is 25.5 Å². The van der Waals surface area contributed by atoms with Crippen molar-refractivity contribution in [2.24, 2.45) is 0 Å². The Morgan fingerprint density at radius 1 is 1.00 bits per heavy atom. The van der Waals surface area contributed by atoms with Gasteiger partial charge in [0.05, 0.1) is 0 Å². The van der Waals surface area contributed by atoms with Gasteiger partial charge in [0.1, 0.15) is 0 Å². The van der Waals surface area contributed by atoms with Crippen LogP contribution in [0.25, 0.3) is 0 Å². The minimum atomic E-state index is -2.87. The third-order valence-electron chi connectivity index (χ3n) is 15.4. The first-order chi connectivity index (χ1) is 7.35. The number of halogens is 1. The minimum Gasteiger partial charge on any atom is -0.147 e. The molecule has 4 heteroatoms. The monoisotopic (exact) mass is 384 g/mol. The number of hydrogen-bond donors (Lipinski definition) is 0. The molecule has 10 heterocycles. The van der Waals surface area contributed by atoms with E-state index < -0.39 is 6.51 Å². The van der Waals surface area contributed by atoms with Crippen molar-refractivity contribution in [1.29, 1.82) is 0 Å². The van der Waals surface area contributed by atoms with E-state index in [4.69, 9.17) is 0 Å². The number of hydrogen-bond acceptors (Lipinski definition) is 1. The molecule has 0 aromatic rings. The maximum atomic E-state index is 4.16. The molecule has 10 saturated heterocycles. The zero-order valence-electron chi connectivity index (χ0n) is 9.85. The summed E-state index contributed by atoms with van der Waals surface area (Å²) in [5.74, 6) is 0. The smallest absolute Gasteiger partial charge is 0.147 e. The Bertz CT molecular complexity index is 944. The molecule has 10 rings (SSSR count). The van der Waals surface area contributed by atoms with Crippen LogP contribution >= 0.6 is 12.4 Å². The fourth-order valence-electron chi connectivity index (χ4n) is 17.4. The average Bonchev–Trinajstić information content (AvgIpc) is 3.13. The Morgan fingerprint density at radius 3 is 1.71 bits per heavy atom. The summed E-state index contributed by atoms with van der Waals surface area (Å²) in [6.07, 6.45) is 0. The second-order valence-corrected chi connectivity index (χ2v) is 36.2. The Balaban J connectivity index is 0.000000625.